The van der Waals surface area contributed by atoms with E-state index in [0.717, 1.165) is 25.2 Å². The van der Waals surface area contributed by atoms with Crippen LogP contribution in [0.5, 0.6) is 0 Å². The van der Waals surface area contributed by atoms with Crippen molar-refractivity contribution >= 4 is 17.3 Å². The zero-order chi connectivity index (χ0) is 11.8. The van der Waals surface area contributed by atoms with E-state index in [2.05, 4.69) is 21.3 Å². The van der Waals surface area contributed by atoms with E-state index in [1.165, 1.54) is 6.42 Å². The van der Waals surface area contributed by atoms with Gasteiger partial charge in [0.25, 0.3) is 0 Å². The summed E-state index contributed by atoms with van der Waals surface area (Å²) in [5.41, 5.74) is 1.47. The van der Waals surface area contributed by atoms with Crippen LogP contribution in [0.4, 0.5) is 5.69 Å². The Morgan fingerprint density at radius 2 is 2.47 bits per heavy atom. The van der Waals surface area contributed by atoms with Gasteiger partial charge in [0, 0.05) is 25.2 Å². The van der Waals surface area contributed by atoms with Crippen LogP contribution in [-0.4, -0.2) is 30.2 Å². The molecule has 2 saturated heterocycles. The molecule has 2 fully saturated rings. The number of hydrogen-bond acceptors (Lipinski definition) is 4. The highest BCUT2D eigenvalue weighted by Crippen LogP contribution is 2.29. The van der Waals surface area contributed by atoms with Gasteiger partial charge >= 0.3 is 0 Å². The fourth-order valence-corrected chi connectivity index (χ4v) is 2.89. The van der Waals surface area contributed by atoms with E-state index in [1.54, 1.807) is 6.20 Å². The third kappa shape index (κ3) is 1.86. The van der Waals surface area contributed by atoms with Crippen LogP contribution in [0, 0.1) is 11.3 Å². The van der Waals surface area contributed by atoms with Crippen LogP contribution in [0.25, 0.3) is 0 Å². The Kier molecular flexibility index (Phi) is 2.65. The Hall–Kier alpha value is -1.31. The van der Waals surface area contributed by atoms with E-state index in [9.17, 15) is 0 Å². The molecule has 2 aliphatic heterocycles. The number of nitriles is 1. The standard InChI is InChI=1S/C12H13ClN4/c13-12-8(5-14)3-10(7-16-12)17-2-1-9-4-11(17)6-15-9/h3,7,9,11,15H,1-2,4,6H2/t9-,11+/m1/s1. The molecule has 1 aromatic heterocycles. The van der Waals surface area contributed by atoms with Crippen molar-refractivity contribution in [2.45, 2.75) is 24.9 Å². The molecule has 0 saturated carbocycles. The van der Waals surface area contributed by atoms with Gasteiger partial charge in [0.1, 0.15) is 11.2 Å². The summed E-state index contributed by atoms with van der Waals surface area (Å²) < 4.78 is 0. The maximum absolute atomic E-state index is 8.97. The number of piperidine rings is 1. The Bertz CT molecular complexity index is 482. The summed E-state index contributed by atoms with van der Waals surface area (Å²) in [6.45, 7) is 2.05. The highest BCUT2D eigenvalue weighted by molar-refractivity contribution is 6.30. The molecular weight excluding hydrogens is 236 g/mol. The van der Waals surface area contributed by atoms with Crippen molar-refractivity contribution in [1.29, 1.82) is 5.26 Å². The predicted octanol–water partition coefficient (Wildman–Crippen LogP) is 1.55. The molecular formula is C12H13ClN4. The van der Waals surface area contributed by atoms with E-state index in [1.807, 2.05) is 6.07 Å². The monoisotopic (exact) mass is 248 g/mol. The Balaban J connectivity index is 1.91. The lowest BCUT2D eigenvalue weighted by Crippen LogP contribution is -2.40. The first-order chi connectivity index (χ1) is 8.28. The zero-order valence-corrected chi connectivity index (χ0v) is 10.1. The fourth-order valence-electron chi connectivity index (χ4n) is 2.75. The summed E-state index contributed by atoms with van der Waals surface area (Å²) in [6, 6.07) is 5.13. The number of nitrogens with one attached hydrogen (secondary N) is 1. The second kappa shape index (κ2) is 4.17. The van der Waals surface area contributed by atoms with Gasteiger partial charge < -0.3 is 10.2 Å². The molecule has 88 valence electrons. The lowest BCUT2D eigenvalue weighted by atomic mass is 10.0. The van der Waals surface area contributed by atoms with E-state index < -0.39 is 0 Å². The number of hydrogen-bond donors (Lipinski definition) is 1. The molecule has 2 atom stereocenters. The molecule has 0 aliphatic carbocycles. The SMILES string of the molecule is N#Cc1cc(N2CC[C@@H]3C[C@H]2CN3)cnc1Cl. The highest BCUT2D eigenvalue weighted by atomic mass is 35.5. The molecule has 0 aromatic carbocycles. The van der Waals surface area contributed by atoms with Gasteiger partial charge in [-0.25, -0.2) is 4.98 Å². The largest absolute Gasteiger partial charge is 0.366 e. The van der Waals surface area contributed by atoms with Crippen molar-refractivity contribution in [3.8, 4) is 6.07 Å². The lowest BCUT2D eigenvalue weighted by Gasteiger charge is -2.34. The molecule has 0 unspecified atom stereocenters. The van der Waals surface area contributed by atoms with Crippen molar-refractivity contribution in [2.75, 3.05) is 18.0 Å². The van der Waals surface area contributed by atoms with E-state index in [0.29, 0.717) is 17.6 Å². The second-order valence-electron chi connectivity index (χ2n) is 4.62. The number of fused-ring (bicyclic) bond motifs is 2. The van der Waals surface area contributed by atoms with Crippen LogP contribution in [-0.2, 0) is 0 Å². The summed E-state index contributed by atoms with van der Waals surface area (Å²) in [6.07, 6.45) is 4.10. The molecule has 0 spiro atoms. The number of pyridine rings is 1. The van der Waals surface area contributed by atoms with Crippen molar-refractivity contribution in [1.82, 2.24) is 10.3 Å². The van der Waals surface area contributed by atoms with E-state index in [4.69, 9.17) is 16.9 Å². The Morgan fingerprint density at radius 3 is 3.29 bits per heavy atom. The predicted molar refractivity (Wildman–Crippen MR) is 66.1 cm³/mol. The number of aromatic nitrogens is 1. The maximum Gasteiger partial charge on any atom is 0.146 e. The van der Waals surface area contributed by atoms with Gasteiger partial charge in [-0.2, -0.15) is 5.26 Å². The smallest absolute Gasteiger partial charge is 0.146 e. The minimum Gasteiger partial charge on any atom is -0.366 e. The normalized spacial score (nSPS) is 26.9. The maximum atomic E-state index is 8.97. The molecule has 2 bridgehead atoms. The molecule has 1 N–H and O–H groups in total. The Morgan fingerprint density at radius 1 is 1.59 bits per heavy atom. The summed E-state index contributed by atoms with van der Waals surface area (Å²) in [5, 5.41) is 12.8. The van der Waals surface area contributed by atoms with Crippen LogP contribution in [0.2, 0.25) is 5.15 Å². The van der Waals surface area contributed by atoms with Crippen LogP contribution in [0.15, 0.2) is 12.3 Å². The minimum atomic E-state index is 0.288. The minimum absolute atomic E-state index is 0.288. The highest BCUT2D eigenvalue weighted by Gasteiger charge is 2.34. The van der Waals surface area contributed by atoms with Gasteiger partial charge in [-0.15, -0.1) is 0 Å². The summed E-state index contributed by atoms with van der Waals surface area (Å²) in [5.74, 6) is 0. The molecule has 5 heteroatoms. The molecule has 0 radical (unpaired) electrons. The molecule has 3 heterocycles. The summed E-state index contributed by atoms with van der Waals surface area (Å²) in [7, 11) is 0. The van der Waals surface area contributed by atoms with Crippen molar-refractivity contribution < 1.29 is 0 Å². The number of halogens is 1. The van der Waals surface area contributed by atoms with Crippen molar-refractivity contribution in [3.63, 3.8) is 0 Å². The Labute approximate surface area is 105 Å². The van der Waals surface area contributed by atoms with Crippen molar-refractivity contribution in [3.05, 3.63) is 23.0 Å². The molecule has 2 aliphatic rings. The summed E-state index contributed by atoms with van der Waals surface area (Å²) in [4.78, 5) is 6.42. The zero-order valence-electron chi connectivity index (χ0n) is 9.36. The van der Waals surface area contributed by atoms with Gasteiger partial charge in [-0.3, -0.25) is 0 Å². The second-order valence-corrected chi connectivity index (χ2v) is 4.98. The number of anilines is 1. The first kappa shape index (κ1) is 10.8. The van der Waals surface area contributed by atoms with E-state index >= 15 is 0 Å². The quantitative estimate of drug-likeness (QED) is 0.767. The van der Waals surface area contributed by atoms with Gasteiger partial charge in [-0.05, 0) is 18.9 Å². The molecule has 0 amide bonds. The number of nitrogens with zero attached hydrogens (tertiary/aromatic N) is 3. The molecule has 4 nitrogen and oxygen atoms in total. The average molecular weight is 249 g/mol. The third-order valence-electron chi connectivity index (χ3n) is 3.63. The van der Waals surface area contributed by atoms with Crippen molar-refractivity contribution in [2.24, 2.45) is 0 Å². The van der Waals surface area contributed by atoms with Crippen LogP contribution >= 0.6 is 11.6 Å². The molecule has 3 rings (SSSR count). The topological polar surface area (TPSA) is 52.0 Å². The summed E-state index contributed by atoms with van der Waals surface area (Å²) >= 11 is 5.85. The van der Waals surface area contributed by atoms with Crippen LogP contribution in [0.1, 0.15) is 18.4 Å². The molecule has 17 heavy (non-hydrogen) atoms. The van der Waals surface area contributed by atoms with E-state index in [-0.39, 0.29) is 5.15 Å². The van der Waals surface area contributed by atoms with Gasteiger partial charge in [0.05, 0.1) is 17.4 Å². The number of rotatable bonds is 1. The average Bonchev–Trinajstić information content (AvgIpc) is 2.73. The van der Waals surface area contributed by atoms with Gasteiger partial charge in [0.15, 0.2) is 0 Å². The lowest BCUT2D eigenvalue weighted by molar-refractivity contribution is 0.490. The first-order valence-electron chi connectivity index (χ1n) is 5.83. The van der Waals surface area contributed by atoms with Crippen LogP contribution in [0.3, 0.4) is 0 Å². The molecule has 1 aromatic rings. The fraction of sp³-hybridized carbons (Fsp3) is 0.500. The third-order valence-corrected chi connectivity index (χ3v) is 3.94. The van der Waals surface area contributed by atoms with Gasteiger partial charge in [-0.1, -0.05) is 11.6 Å². The van der Waals surface area contributed by atoms with Gasteiger partial charge in [0.2, 0.25) is 0 Å². The van der Waals surface area contributed by atoms with Crippen LogP contribution < -0.4 is 10.2 Å². The first-order valence-corrected chi connectivity index (χ1v) is 6.21.